The number of aromatic nitrogens is 1. The zero-order chi connectivity index (χ0) is 28.8. The highest BCUT2D eigenvalue weighted by Gasteiger charge is 2.18. The topological polar surface area (TPSA) is 122 Å². The molecular weight excluding hydrogens is 516 g/mol. The number of nitrogens with one attached hydrogen (secondary N) is 3. The minimum atomic E-state index is -0.265. The Hall–Kier alpha value is -5.07. The first-order valence-corrected chi connectivity index (χ1v) is 13.7. The smallest absolute Gasteiger partial charge is 0.272 e. The Bertz CT molecular complexity index is 1560. The second-order valence-electron chi connectivity index (χ2n) is 9.93. The molecule has 4 aromatic rings. The van der Waals surface area contributed by atoms with Gasteiger partial charge in [-0.1, -0.05) is 0 Å². The van der Waals surface area contributed by atoms with Crippen LogP contribution in [0.15, 0.2) is 85.1 Å². The Morgan fingerprint density at radius 3 is 2.24 bits per heavy atom. The van der Waals surface area contributed by atoms with E-state index < -0.39 is 0 Å². The Labute approximate surface area is 239 Å². The molecule has 9 nitrogen and oxygen atoms in total. The molecule has 9 heteroatoms. The first-order chi connectivity index (χ1) is 19.9. The number of rotatable bonds is 8. The van der Waals surface area contributed by atoms with E-state index in [1.54, 1.807) is 48.5 Å². The number of hydrogen-bond donors (Lipinski definition) is 4. The van der Waals surface area contributed by atoms with Crippen molar-refractivity contribution in [3.05, 3.63) is 102 Å². The zero-order valence-corrected chi connectivity index (χ0v) is 22.8. The average Bonchev–Trinajstić information content (AvgIpc) is 3.49. The normalized spacial score (nSPS) is 13.3. The summed E-state index contributed by atoms with van der Waals surface area (Å²) in [6, 6.07) is 25.5. The van der Waals surface area contributed by atoms with E-state index in [9.17, 15) is 20.0 Å². The third kappa shape index (κ3) is 6.57. The fourth-order valence-electron chi connectivity index (χ4n) is 4.86. The van der Waals surface area contributed by atoms with E-state index in [4.69, 9.17) is 0 Å². The molecular formula is C32H32N6O3. The summed E-state index contributed by atoms with van der Waals surface area (Å²) in [5, 5.41) is 28.5. The van der Waals surface area contributed by atoms with Crippen LogP contribution in [0.5, 0.6) is 0 Å². The monoisotopic (exact) mass is 548 g/mol. The summed E-state index contributed by atoms with van der Waals surface area (Å²) in [7, 11) is 0. The standard InChI is InChI=1S/C32H32N6O3/c1-2-37-17-3-4-30(37)32(41)35-25-9-7-24(8-10-25)34-29-14-11-26(20-23(29)21-33)36-31(40)22-5-12-27(13-6-22)38-18-15-28(39)16-19-38/h3-14,17,20,28,34,39H,2,15-16,18-19H2,1H3,(H,35,41)(H,36,40). The number of aliphatic hydroxyl groups is 1. The number of nitrogens with zero attached hydrogens (tertiary/aromatic N) is 3. The van der Waals surface area contributed by atoms with Crippen molar-refractivity contribution in [2.24, 2.45) is 0 Å². The molecule has 5 rings (SSSR count). The average molecular weight is 549 g/mol. The van der Waals surface area contributed by atoms with Gasteiger partial charge in [0.1, 0.15) is 11.8 Å². The number of nitriles is 1. The molecule has 1 aliphatic heterocycles. The minimum absolute atomic E-state index is 0.180. The number of hydrogen-bond acceptors (Lipinski definition) is 6. The summed E-state index contributed by atoms with van der Waals surface area (Å²) in [5.74, 6) is -0.445. The molecule has 3 aromatic carbocycles. The van der Waals surface area contributed by atoms with Gasteiger partial charge in [0, 0.05) is 54.1 Å². The van der Waals surface area contributed by atoms with E-state index >= 15 is 0 Å². The van der Waals surface area contributed by atoms with Crippen LogP contribution in [0.3, 0.4) is 0 Å². The molecule has 41 heavy (non-hydrogen) atoms. The Morgan fingerprint density at radius 1 is 0.902 bits per heavy atom. The lowest BCUT2D eigenvalue weighted by molar-refractivity contribution is 0.101. The van der Waals surface area contributed by atoms with Crippen molar-refractivity contribution in [1.82, 2.24) is 4.57 Å². The minimum Gasteiger partial charge on any atom is -0.393 e. The van der Waals surface area contributed by atoms with Gasteiger partial charge in [-0.2, -0.15) is 5.26 Å². The summed E-state index contributed by atoms with van der Waals surface area (Å²) in [5.41, 5.74) is 5.03. The molecule has 2 heterocycles. The number of carbonyl (C=O) groups excluding carboxylic acids is 2. The molecule has 0 spiro atoms. The maximum Gasteiger partial charge on any atom is 0.272 e. The lowest BCUT2D eigenvalue weighted by Crippen LogP contribution is -2.35. The van der Waals surface area contributed by atoms with Crippen molar-refractivity contribution in [1.29, 1.82) is 5.26 Å². The van der Waals surface area contributed by atoms with Crippen molar-refractivity contribution < 1.29 is 14.7 Å². The number of aryl methyl sites for hydroxylation is 1. The van der Waals surface area contributed by atoms with Crippen LogP contribution in [0.2, 0.25) is 0 Å². The predicted octanol–water partition coefficient (Wildman–Crippen LogP) is 5.59. The first-order valence-electron chi connectivity index (χ1n) is 13.7. The molecule has 0 bridgehead atoms. The molecule has 0 aliphatic carbocycles. The van der Waals surface area contributed by atoms with Gasteiger partial charge in [-0.15, -0.1) is 0 Å². The Kier molecular flexibility index (Phi) is 8.32. The number of benzene rings is 3. The van der Waals surface area contributed by atoms with Gasteiger partial charge in [-0.25, -0.2) is 0 Å². The molecule has 1 fully saturated rings. The molecule has 0 unspecified atom stereocenters. The lowest BCUT2D eigenvalue weighted by atomic mass is 10.1. The maximum atomic E-state index is 12.9. The number of carbonyl (C=O) groups is 2. The maximum absolute atomic E-state index is 12.9. The largest absolute Gasteiger partial charge is 0.393 e. The van der Waals surface area contributed by atoms with Crippen molar-refractivity contribution in [3.8, 4) is 6.07 Å². The highest BCUT2D eigenvalue weighted by atomic mass is 16.3. The Morgan fingerprint density at radius 2 is 1.56 bits per heavy atom. The molecule has 208 valence electrons. The summed E-state index contributed by atoms with van der Waals surface area (Å²) in [4.78, 5) is 27.6. The van der Waals surface area contributed by atoms with Crippen LogP contribution in [0, 0.1) is 11.3 Å². The van der Waals surface area contributed by atoms with Crippen LogP contribution in [-0.4, -0.2) is 40.7 Å². The van der Waals surface area contributed by atoms with Crippen molar-refractivity contribution >= 4 is 40.3 Å². The molecule has 1 saturated heterocycles. The molecule has 4 N–H and O–H groups in total. The number of anilines is 5. The quantitative estimate of drug-likeness (QED) is 0.228. The van der Waals surface area contributed by atoms with Gasteiger partial charge >= 0.3 is 0 Å². The zero-order valence-electron chi connectivity index (χ0n) is 22.8. The summed E-state index contributed by atoms with van der Waals surface area (Å²) >= 11 is 0. The fraction of sp³-hybridized carbons (Fsp3) is 0.219. The summed E-state index contributed by atoms with van der Waals surface area (Å²) in [6.07, 6.45) is 3.12. The Balaban J connectivity index is 1.20. The summed E-state index contributed by atoms with van der Waals surface area (Å²) in [6.45, 7) is 4.27. The van der Waals surface area contributed by atoms with E-state index in [-0.39, 0.29) is 17.9 Å². The van der Waals surface area contributed by atoms with Crippen LogP contribution < -0.4 is 20.9 Å². The molecule has 1 aliphatic rings. The molecule has 0 atom stereocenters. The van der Waals surface area contributed by atoms with E-state index in [2.05, 4.69) is 26.9 Å². The third-order valence-electron chi connectivity index (χ3n) is 7.18. The molecule has 1 aromatic heterocycles. The molecule has 0 saturated carbocycles. The third-order valence-corrected chi connectivity index (χ3v) is 7.18. The van der Waals surface area contributed by atoms with Crippen molar-refractivity contribution in [2.45, 2.75) is 32.4 Å². The SMILES string of the molecule is CCn1cccc1C(=O)Nc1ccc(Nc2ccc(NC(=O)c3ccc(N4CCC(O)CC4)cc3)cc2C#N)cc1. The van der Waals surface area contributed by atoms with Gasteiger partial charge in [0.05, 0.1) is 17.4 Å². The van der Waals surface area contributed by atoms with E-state index in [0.29, 0.717) is 40.4 Å². The summed E-state index contributed by atoms with van der Waals surface area (Å²) < 4.78 is 1.88. The van der Waals surface area contributed by atoms with Gasteiger partial charge in [-0.3, -0.25) is 9.59 Å². The molecule has 2 amide bonds. The van der Waals surface area contributed by atoms with Crippen LogP contribution in [0.4, 0.5) is 28.4 Å². The van der Waals surface area contributed by atoms with Crippen LogP contribution in [-0.2, 0) is 6.54 Å². The number of piperidine rings is 1. The van der Waals surface area contributed by atoms with Crippen molar-refractivity contribution in [3.63, 3.8) is 0 Å². The highest BCUT2D eigenvalue weighted by Crippen LogP contribution is 2.26. The van der Waals surface area contributed by atoms with E-state index in [1.165, 1.54) is 0 Å². The van der Waals surface area contributed by atoms with Gasteiger partial charge in [0.15, 0.2) is 0 Å². The van der Waals surface area contributed by atoms with E-state index in [0.717, 1.165) is 37.3 Å². The fourth-order valence-corrected chi connectivity index (χ4v) is 4.86. The van der Waals surface area contributed by atoms with Crippen molar-refractivity contribution in [2.75, 3.05) is 33.9 Å². The number of amides is 2. The predicted molar refractivity (Wildman–Crippen MR) is 161 cm³/mol. The van der Waals surface area contributed by atoms with Gasteiger partial charge in [-0.05, 0) is 98.6 Å². The first kappa shape index (κ1) is 27.5. The van der Waals surface area contributed by atoms with Gasteiger partial charge in [0.2, 0.25) is 0 Å². The molecule has 0 radical (unpaired) electrons. The second-order valence-corrected chi connectivity index (χ2v) is 9.93. The van der Waals surface area contributed by atoms with Crippen LogP contribution in [0.25, 0.3) is 0 Å². The van der Waals surface area contributed by atoms with Gasteiger partial charge < -0.3 is 30.5 Å². The van der Waals surface area contributed by atoms with Crippen LogP contribution in [0.1, 0.15) is 46.2 Å². The highest BCUT2D eigenvalue weighted by molar-refractivity contribution is 6.05. The van der Waals surface area contributed by atoms with Gasteiger partial charge in [0.25, 0.3) is 11.8 Å². The lowest BCUT2D eigenvalue weighted by Gasteiger charge is -2.31. The van der Waals surface area contributed by atoms with Crippen LogP contribution >= 0.6 is 0 Å². The second kappa shape index (κ2) is 12.4. The van der Waals surface area contributed by atoms with E-state index in [1.807, 2.05) is 48.0 Å². The number of aliphatic hydroxyl groups excluding tert-OH is 1.